The van der Waals surface area contributed by atoms with Crippen molar-refractivity contribution in [2.24, 2.45) is 0 Å². The lowest BCUT2D eigenvalue weighted by atomic mass is 10.1. The van der Waals surface area contributed by atoms with E-state index in [2.05, 4.69) is 22.9 Å². The first-order valence-electron chi connectivity index (χ1n) is 4.41. The molecule has 2 rings (SSSR count). The lowest BCUT2D eigenvalue weighted by Gasteiger charge is -1.98. The molecule has 14 heavy (non-hydrogen) atoms. The summed E-state index contributed by atoms with van der Waals surface area (Å²) in [4.78, 5) is 10.5. The Balaban J connectivity index is 2.73. The van der Waals surface area contributed by atoms with Crippen molar-refractivity contribution in [1.29, 1.82) is 0 Å². The molecular formula is C11H9BrO2. The van der Waals surface area contributed by atoms with E-state index in [1.165, 1.54) is 5.56 Å². The van der Waals surface area contributed by atoms with Crippen molar-refractivity contribution < 1.29 is 9.21 Å². The monoisotopic (exact) mass is 252 g/mol. The first kappa shape index (κ1) is 9.46. The summed E-state index contributed by atoms with van der Waals surface area (Å²) in [5.74, 6) is 0.369. The van der Waals surface area contributed by atoms with Gasteiger partial charge in [0.2, 0.25) is 0 Å². The molecule has 0 aliphatic rings. The van der Waals surface area contributed by atoms with Crippen LogP contribution in [0, 0.1) is 0 Å². The minimum Gasteiger partial charge on any atom is -0.452 e. The predicted molar refractivity (Wildman–Crippen MR) is 58.7 cm³/mol. The Morgan fingerprint density at radius 3 is 2.86 bits per heavy atom. The highest BCUT2D eigenvalue weighted by atomic mass is 79.9. The zero-order valence-electron chi connectivity index (χ0n) is 7.71. The van der Waals surface area contributed by atoms with Crippen LogP contribution >= 0.6 is 15.9 Å². The van der Waals surface area contributed by atoms with Crippen LogP contribution in [0.1, 0.15) is 23.0 Å². The second-order valence-electron chi connectivity index (χ2n) is 3.12. The number of aryl methyl sites for hydroxylation is 1. The molecule has 0 amide bonds. The fourth-order valence-electron chi connectivity index (χ4n) is 1.45. The molecule has 3 heteroatoms. The predicted octanol–water partition coefficient (Wildman–Crippen LogP) is 3.57. The van der Waals surface area contributed by atoms with Gasteiger partial charge in [-0.1, -0.05) is 6.92 Å². The summed E-state index contributed by atoms with van der Waals surface area (Å²) < 4.78 is 6.24. The van der Waals surface area contributed by atoms with Gasteiger partial charge in [-0.25, -0.2) is 0 Å². The number of furan rings is 1. The van der Waals surface area contributed by atoms with Crippen LogP contribution < -0.4 is 0 Å². The van der Waals surface area contributed by atoms with E-state index in [9.17, 15) is 4.79 Å². The molecule has 0 spiro atoms. The SMILES string of the molecule is CCc1cc(Br)c2oc(C=O)cc2c1. The number of hydrogen-bond donors (Lipinski definition) is 0. The minimum atomic E-state index is 0.369. The van der Waals surface area contributed by atoms with Gasteiger partial charge in [0.25, 0.3) is 0 Å². The van der Waals surface area contributed by atoms with E-state index in [1.54, 1.807) is 6.07 Å². The number of benzene rings is 1. The Morgan fingerprint density at radius 1 is 1.43 bits per heavy atom. The molecule has 0 atom stereocenters. The van der Waals surface area contributed by atoms with Crippen LogP contribution in [0.25, 0.3) is 11.0 Å². The largest absolute Gasteiger partial charge is 0.452 e. The Hall–Kier alpha value is -1.09. The van der Waals surface area contributed by atoms with E-state index in [-0.39, 0.29) is 0 Å². The summed E-state index contributed by atoms with van der Waals surface area (Å²) in [7, 11) is 0. The van der Waals surface area contributed by atoms with E-state index in [1.807, 2.05) is 12.1 Å². The molecule has 1 heterocycles. The molecule has 0 unspecified atom stereocenters. The van der Waals surface area contributed by atoms with Crippen LogP contribution in [0.3, 0.4) is 0 Å². The summed E-state index contributed by atoms with van der Waals surface area (Å²) in [6.07, 6.45) is 1.69. The first-order valence-corrected chi connectivity index (χ1v) is 5.21. The highest BCUT2D eigenvalue weighted by Gasteiger charge is 2.07. The van der Waals surface area contributed by atoms with E-state index in [0.29, 0.717) is 5.76 Å². The summed E-state index contributed by atoms with van der Waals surface area (Å²) in [6, 6.07) is 5.81. The van der Waals surface area contributed by atoms with E-state index in [0.717, 1.165) is 28.1 Å². The van der Waals surface area contributed by atoms with Crippen LogP contribution in [0.15, 0.2) is 27.1 Å². The maximum Gasteiger partial charge on any atom is 0.185 e. The molecule has 2 aromatic rings. The minimum absolute atomic E-state index is 0.369. The number of aldehydes is 1. The molecular weight excluding hydrogens is 244 g/mol. The number of rotatable bonds is 2. The number of halogens is 1. The van der Waals surface area contributed by atoms with Crippen molar-refractivity contribution in [2.45, 2.75) is 13.3 Å². The smallest absolute Gasteiger partial charge is 0.185 e. The fourth-order valence-corrected chi connectivity index (χ4v) is 2.05. The Labute approximate surface area is 90.0 Å². The van der Waals surface area contributed by atoms with Crippen LogP contribution in [0.5, 0.6) is 0 Å². The number of hydrogen-bond acceptors (Lipinski definition) is 2. The third-order valence-corrected chi connectivity index (χ3v) is 2.76. The Bertz CT molecular complexity index is 485. The van der Waals surface area contributed by atoms with Crippen LogP contribution in [-0.2, 0) is 6.42 Å². The molecule has 2 nitrogen and oxygen atoms in total. The molecule has 0 saturated carbocycles. The van der Waals surface area contributed by atoms with Gasteiger partial charge in [-0.15, -0.1) is 0 Å². The van der Waals surface area contributed by atoms with Crippen molar-refractivity contribution in [3.05, 3.63) is 34.0 Å². The zero-order valence-corrected chi connectivity index (χ0v) is 9.30. The molecule has 0 N–H and O–H groups in total. The number of fused-ring (bicyclic) bond motifs is 1. The molecule has 0 fully saturated rings. The van der Waals surface area contributed by atoms with Gasteiger partial charge < -0.3 is 4.42 Å². The quantitative estimate of drug-likeness (QED) is 0.766. The van der Waals surface area contributed by atoms with Crippen molar-refractivity contribution in [3.63, 3.8) is 0 Å². The second kappa shape index (κ2) is 3.58. The van der Waals surface area contributed by atoms with Crippen molar-refractivity contribution in [3.8, 4) is 0 Å². The van der Waals surface area contributed by atoms with Gasteiger partial charge in [0, 0.05) is 5.39 Å². The van der Waals surface area contributed by atoms with Crippen LogP contribution in [0.2, 0.25) is 0 Å². The highest BCUT2D eigenvalue weighted by Crippen LogP contribution is 2.28. The average Bonchev–Trinajstić information content (AvgIpc) is 2.61. The maximum atomic E-state index is 10.5. The van der Waals surface area contributed by atoms with Crippen LogP contribution in [0.4, 0.5) is 0 Å². The lowest BCUT2D eigenvalue weighted by Crippen LogP contribution is -1.79. The molecule has 0 radical (unpaired) electrons. The lowest BCUT2D eigenvalue weighted by molar-refractivity contribution is 0.110. The third-order valence-electron chi connectivity index (χ3n) is 2.17. The van der Waals surface area contributed by atoms with Crippen molar-refractivity contribution in [2.75, 3.05) is 0 Å². The van der Waals surface area contributed by atoms with Crippen molar-refractivity contribution >= 4 is 33.2 Å². The first-order chi connectivity index (χ1) is 6.74. The van der Waals surface area contributed by atoms with Gasteiger partial charge in [-0.05, 0) is 46.1 Å². The van der Waals surface area contributed by atoms with Gasteiger partial charge >= 0.3 is 0 Å². The summed E-state index contributed by atoms with van der Waals surface area (Å²) in [5, 5.41) is 0.971. The highest BCUT2D eigenvalue weighted by molar-refractivity contribution is 9.10. The normalized spacial score (nSPS) is 10.7. The van der Waals surface area contributed by atoms with Gasteiger partial charge in [0.05, 0.1) is 4.47 Å². The summed E-state index contributed by atoms with van der Waals surface area (Å²) in [6.45, 7) is 2.09. The Kier molecular flexibility index (Phi) is 2.42. The molecule has 72 valence electrons. The van der Waals surface area contributed by atoms with E-state index < -0.39 is 0 Å². The number of carbonyl (C=O) groups is 1. The molecule has 1 aromatic heterocycles. The van der Waals surface area contributed by atoms with Gasteiger partial charge in [-0.2, -0.15) is 0 Å². The summed E-state index contributed by atoms with van der Waals surface area (Å²) in [5.41, 5.74) is 1.96. The molecule has 0 aliphatic heterocycles. The third kappa shape index (κ3) is 1.48. The van der Waals surface area contributed by atoms with Crippen LogP contribution in [-0.4, -0.2) is 6.29 Å². The van der Waals surface area contributed by atoms with Crippen molar-refractivity contribution in [1.82, 2.24) is 0 Å². The van der Waals surface area contributed by atoms with Gasteiger partial charge in [-0.3, -0.25) is 4.79 Å². The fraction of sp³-hybridized carbons (Fsp3) is 0.182. The molecule has 0 aliphatic carbocycles. The van der Waals surface area contributed by atoms with Gasteiger partial charge in [0.15, 0.2) is 12.0 Å². The molecule has 0 bridgehead atoms. The van der Waals surface area contributed by atoms with E-state index in [4.69, 9.17) is 4.42 Å². The summed E-state index contributed by atoms with van der Waals surface area (Å²) >= 11 is 3.42. The van der Waals surface area contributed by atoms with E-state index >= 15 is 0 Å². The second-order valence-corrected chi connectivity index (χ2v) is 3.97. The maximum absolute atomic E-state index is 10.5. The molecule has 1 aromatic carbocycles. The Morgan fingerprint density at radius 2 is 2.21 bits per heavy atom. The molecule has 0 saturated heterocycles. The number of carbonyl (C=O) groups excluding carboxylic acids is 1. The van der Waals surface area contributed by atoms with Gasteiger partial charge in [0.1, 0.15) is 5.58 Å². The standard InChI is InChI=1S/C11H9BrO2/c1-2-7-3-8-5-9(6-13)14-11(8)10(12)4-7/h3-6H,2H2,1H3. The topological polar surface area (TPSA) is 30.2 Å². The zero-order chi connectivity index (χ0) is 10.1. The average molecular weight is 253 g/mol.